The highest BCUT2D eigenvalue weighted by Crippen LogP contribution is 2.27. The molecule has 18 heavy (non-hydrogen) atoms. The van der Waals surface area contributed by atoms with Gasteiger partial charge in [-0.2, -0.15) is 0 Å². The topological polar surface area (TPSA) is 78.9 Å². The smallest absolute Gasteiger partial charge is 0.332 e. The summed E-state index contributed by atoms with van der Waals surface area (Å²) < 4.78 is 5.10. The second-order valence-electron chi connectivity index (χ2n) is 5.30. The average Bonchev–Trinajstić information content (AvgIpc) is 2.72. The highest BCUT2D eigenvalue weighted by atomic mass is 16.5. The normalized spacial score (nSPS) is 27.6. The van der Waals surface area contributed by atoms with E-state index in [0.29, 0.717) is 25.5 Å². The molecule has 1 aliphatic carbocycles. The number of carbonyl (C=O) groups is 2. The summed E-state index contributed by atoms with van der Waals surface area (Å²) in [5, 5.41) is 11.8. The van der Waals surface area contributed by atoms with Gasteiger partial charge in [-0.25, -0.2) is 9.59 Å². The fraction of sp³-hybridized carbons (Fsp3) is 0.833. The molecule has 0 aromatic heterocycles. The lowest BCUT2D eigenvalue weighted by Gasteiger charge is -2.32. The zero-order valence-corrected chi connectivity index (χ0v) is 10.6. The second-order valence-corrected chi connectivity index (χ2v) is 5.30. The van der Waals surface area contributed by atoms with Crippen molar-refractivity contribution in [2.45, 2.75) is 31.2 Å². The Morgan fingerprint density at radius 2 is 2.22 bits per heavy atom. The van der Waals surface area contributed by atoms with Crippen molar-refractivity contribution in [2.24, 2.45) is 5.92 Å². The van der Waals surface area contributed by atoms with Gasteiger partial charge in [0.05, 0.1) is 6.61 Å². The van der Waals surface area contributed by atoms with Crippen molar-refractivity contribution in [3.8, 4) is 0 Å². The Morgan fingerprint density at radius 1 is 1.50 bits per heavy atom. The average molecular weight is 256 g/mol. The molecule has 6 heteroatoms. The molecule has 0 aromatic rings. The van der Waals surface area contributed by atoms with Crippen LogP contribution in [0.5, 0.6) is 0 Å². The van der Waals surface area contributed by atoms with Crippen molar-refractivity contribution < 1.29 is 19.4 Å². The van der Waals surface area contributed by atoms with Gasteiger partial charge in [-0.15, -0.1) is 0 Å². The molecule has 102 valence electrons. The van der Waals surface area contributed by atoms with Gasteiger partial charge in [0.15, 0.2) is 5.54 Å². The van der Waals surface area contributed by atoms with E-state index in [-0.39, 0.29) is 12.6 Å². The first kappa shape index (κ1) is 13.1. The van der Waals surface area contributed by atoms with Gasteiger partial charge in [0.1, 0.15) is 0 Å². The lowest BCUT2D eigenvalue weighted by molar-refractivity contribution is -0.144. The molecule has 0 bridgehead atoms. The molecule has 1 unspecified atom stereocenters. The second kappa shape index (κ2) is 5.14. The Morgan fingerprint density at radius 3 is 2.67 bits per heavy atom. The Hall–Kier alpha value is -1.30. The predicted molar refractivity (Wildman–Crippen MR) is 64.3 cm³/mol. The summed E-state index contributed by atoms with van der Waals surface area (Å²) in [6, 6.07) is -0.324. The van der Waals surface area contributed by atoms with Crippen LogP contribution in [0.4, 0.5) is 4.79 Å². The first-order chi connectivity index (χ1) is 8.53. The van der Waals surface area contributed by atoms with Gasteiger partial charge in [-0.1, -0.05) is 6.42 Å². The van der Waals surface area contributed by atoms with E-state index in [9.17, 15) is 14.7 Å². The molecule has 1 aliphatic heterocycles. The highest BCUT2D eigenvalue weighted by molar-refractivity contribution is 5.86. The zero-order chi connectivity index (χ0) is 13.2. The van der Waals surface area contributed by atoms with Gasteiger partial charge in [0.2, 0.25) is 0 Å². The van der Waals surface area contributed by atoms with Crippen LogP contribution in [0.3, 0.4) is 0 Å². The van der Waals surface area contributed by atoms with Crippen LogP contribution < -0.4 is 5.32 Å². The van der Waals surface area contributed by atoms with Gasteiger partial charge < -0.3 is 20.1 Å². The summed E-state index contributed by atoms with van der Waals surface area (Å²) in [6.45, 7) is 1.12. The number of carbonyl (C=O) groups excluding carboxylic acids is 1. The lowest BCUT2D eigenvalue weighted by Crippen LogP contribution is -2.58. The van der Waals surface area contributed by atoms with E-state index >= 15 is 0 Å². The molecule has 0 spiro atoms. The van der Waals surface area contributed by atoms with Crippen LogP contribution in [0.2, 0.25) is 0 Å². The number of urea groups is 1. The van der Waals surface area contributed by atoms with Gasteiger partial charge in [0.25, 0.3) is 0 Å². The Bertz CT molecular complexity index is 335. The number of aliphatic carboxylic acids is 1. The number of amides is 2. The standard InChI is InChI=1S/C12H20N2O4/c1-14(7-9-3-2-4-9)11(17)13-12(10(15)16)5-6-18-8-12/h9H,2-8H2,1H3,(H,13,17)(H,15,16). The summed E-state index contributed by atoms with van der Waals surface area (Å²) in [6.07, 6.45) is 3.87. The summed E-state index contributed by atoms with van der Waals surface area (Å²) in [4.78, 5) is 24.8. The number of rotatable bonds is 4. The largest absolute Gasteiger partial charge is 0.479 e. The van der Waals surface area contributed by atoms with Crippen LogP contribution in [0, 0.1) is 5.92 Å². The van der Waals surface area contributed by atoms with E-state index in [1.807, 2.05) is 0 Å². The van der Waals surface area contributed by atoms with Crippen molar-refractivity contribution in [1.82, 2.24) is 10.2 Å². The molecule has 2 N–H and O–H groups in total. The summed E-state index contributed by atoms with van der Waals surface area (Å²) in [7, 11) is 1.71. The van der Waals surface area contributed by atoms with Crippen molar-refractivity contribution >= 4 is 12.0 Å². The monoisotopic (exact) mass is 256 g/mol. The lowest BCUT2D eigenvalue weighted by atomic mass is 9.85. The van der Waals surface area contributed by atoms with Crippen molar-refractivity contribution in [3.63, 3.8) is 0 Å². The van der Waals surface area contributed by atoms with E-state index in [0.717, 1.165) is 12.8 Å². The quantitative estimate of drug-likeness (QED) is 0.775. The van der Waals surface area contributed by atoms with Crippen LogP contribution >= 0.6 is 0 Å². The van der Waals surface area contributed by atoms with E-state index in [1.165, 1.54) is 6.42 Å². The van der Waals surface area contributed by atoms with E-state index in [4.69, 9.17) is 4.74 Å². The van der Waals surface area contributed by atoms with Gasteiger partial charge in [-0.05, 0) is 18.8 Å². The first-order valence-corrected chi connectivity index (χ1v) is 6.38. The van der Waals surface area contributed by atoms with Crippen LogP contribution in [-0.2, 0) is 9.53 Å². The van der Waals surface area contributed by atoms with Crippen LogP contribution in [0.1, 0.15) is 25.7 Å². The molecule has 0 radical (unpaired) electrons. The maximum Gasteiger partial charge on any atom is 0.332 e. The van der Waals surface area contributed by atoms with Gasteiger partial charge >= 0.3 is 12.0 Å². The molecule has 2 rings (SSSR count). The van der Waals surface area contributed by atoms with E-state index in [2.05, 4.69) is 5.32 Å². The van der Waals surface area contributed by atoms with Crippen molar-refractivity contribution in [2.75, 3.05) is 26.8 Å². The molecule has 6 nitrogen and oxygen atoms in total. The third-order valence-electron chi connectivity index (χ3n) is 3.88. The van der Waals surface area contributed by atoms with Crippen LogP contribution in [0.25, 0.3) is 0 Å². The fourth-order valence-corrected chi connectivity index (χ4v) is 2.33. The molecule has 1 saturated carbocycles. The van der Waals surface area contributed by atoms with Crippen molar-refractivity contribution in [3.05, 3.63) is 0 Å². The maximum atomic E-state index is 12.0. The number of ether oxygens (including phenoxy) is 1. The Labute approximate surface area is 106 Å². The van der Waals surface area contributed by atoms with Gasteiger partial charge in [-0.3, -0.25) is 0 Å². The third-order valence-corrected chi connectivity index (χ3v) is 3.88. The number of carboxylic acids is 1. The molecular formula is C12H20N2O4. The number of carboxylic acid groups (broad SMARTS) is 1. The summed E-state index contributed by atoms with van der Waals surface area (Å²) in [5.41, 5.74) is -1.25. The highest BCUT2D eigenvalue weighted by Gasteiger charge is 2.44. The molecule has 1 heterocycles. The van der Waals surface area contributed by atoms with Crippen LogP contribution in [0.15, 0.2) is 0 Å². The zero-order valence-electron chi connectivity index (χ0n) is 10.6. The number of nitrogens with one attached hydrogen (secondary N) is 1. The Kier molecular flexibility index (Phi) is 3.75. The SMILES string of the molecule is CN(CC1CCC1)C(=O)NC1(C(=O)O)CCOC1. The predicted octanol–water partition coefficient (Wildman–Crippen LogP) is 0.672. The van der Waals surface area contributed by atoms with Crippen LogP contribution in [-0.4, -0.2) is 54.4 Å². The van der Waals surface area contributed by atoms with Gasteiger partial charge in [0, 0.05) is 26.6 Å². The van der Waals surface area contributed by atoms with Crippen molar-refractivity contribution in [1.29, 1.82) is 0 Å². The minimum atomic E-state index is -1.25. The number of hydrogen-bond donors (Lipinski definition) is 2. The molecular weight excluding hydrogens is 236 g/mol. The molecule has 2 amide bonds. The summed E-state index contributed by atoms with van der Waals surface area (Å²) in [5.74, 6) is -0.452. The van der Waals surface area contributed by atoms with E-state index < -0.39 is 11.5 Å². The fourth-order valence-electron chi connectivity index (χ4n) is 2.33. The molecule has 2 fully saturated rings. The first-order valence-electron chi connectivity index (χ1n) is 6.38. The minimum absolute atomic E-state index is 0.0470. The number of nitrogens with zero attached hydrogens (tertiary/aromatic N) is 1. The molecule has 1 saturated heterocycles. The molecule has 0 aromatic carbocycles. The summed E-state index contributed by atoms with van der Waals surface area (Å²) >= 11 is 0. The number of hydrogen-bond acceptors (Lipinski definition) is 3. The third kappa shape index (κ3) is 2.58. The minimum Gasteiger partial charge on any atom is -0.479 e. The maximum absolute atomic E-state index is 12.0. The molecule has 2 aliphatic rings. The Balaban J connectivity index is 1.89. The molecule has 1 atom stereocenters. The van der Waals surface area contributed by atoms with E-state index in [1.54, 1.807) is 11.9 Å².